The highest BCUT2D eigenvalue weighted by atomic mass is 16.4. The molecule has 0 aliphatic carbocycles. The van der Waals surface area contributed by atoms with Gasteiger partial charge in [0.15, 0.2) is 0 Å². The first kappa shape index (κ1) is 14.8. The minimum Gasteiger partial charge on any atom is -0.480 e. The Bertz CT molecular complexity index is 323. The normalized spacial score (nSPS) is 19.6. The summed E-state index contributed by atoms with van der Waals surface area (Å²) in [4.78, 5) is 24.6. The number of rotatable bonds is 5. The Kier molecular flexibility index (Phi) is 4.59. The highest BCUT2D eigenvalue weighted by molar-refractivity contribution is 5.84. The summed E-state index contributed by atoms with van der Waals surface area (Å²) in [5.41, 5.74) is 0.0601. The minimum absolute atomic E-state index is 0.00801. The number of carbonyl (C=O) groups is 2. The van der Waals surface area contributed by atoms with Crippen LogP contribution in [0.1, 0.15) is 40.5 Å². The maximum atomic E-state index is 11.7. The zero-order chi connectivity index (χ0) is 13.9. The van der Waals surface area contributed by atoms with Crippen LogP contribution in [-0.2, 0) is 4.79 Å². The number of nitrogens with one attached hydrogen (secondary N) is 1. The molecule has 104 valence electrons. The highest BCUT2D eigenvalue weighted by Crippen LogP contribution is 2.31. The molecule has 1 rings (SSSR count). The quantitative estimate of drug-likeness (QED) is 0.789. The van der Waals surface area contributed by atoms with Gasteiger partial charge in [-0.2, -0.15) is 0 Å². The molecule has 1 aliphatic rings. The first-order chi connectivity index (χ1) is 8.26. The summed E-state index contributed by atoms with van der Waals surface area (Å²) in [7, 11) is 0. The Morgan fingerprint density at radius 2 is 2.11 bits per heavy atom. The van der Waals surface area contributed by atoms with E-state index >= 15 is 0 Å². The number of urea groups is 1. The molecule has 0 radical (unpaired) electrons. The lowest BCUT2D eigenvalue weighted by Gasteiger charge is -2.33. The summed E-state index contributed by atoms with van der Waals surface area (Å²) >= 11 is 0. The van der Waals surface area contributed by atoms with Crippen molar-refractivity contribution < 1.29 is 14.7 Å². The molecule has 18 heavy (non-hydrogen) atoms. The van der Waals surface area contributed by atoms with Crippen molar-refractivity contribution in [3.05, 3.63) is 0 Å². The van der Waals surface area contributed by atoms with Crippen LogP contribution in [0.15, 0.2) is 0 Å². The lowest BCUT2D eigenvalue weighted by molar-refractivity contribution is -0.144. The third-order valence-corrected chi connectivity index (χ3v) is 3.32. The standard InChI is InChI=1S/C13H24N2O3/c1-5-9(8-13(2,3)4)10(11(16)17)15-7-6-14-12(15)18/h9-10H,5-8H2,1-4H3,(H,14,18)(H,16,17)/t9-,10-/m0/s1. The molecule has 0 aromatic heterocycles. The first-order valence-corrected chi connectivity index (χ1v) is 6.53. The third-order valence-electron chi connectivity index (χ3n) is 3.32. The summed E-state index contributed by atoms with van der Waals surface area (Å²) in [6.45, 7) is 9.29. The third kappa shape index (κ3) is 3.62. The number of carboxylic acids is 1. The summed E-state index contributed by atoms with van der Waals surface area (Å²) < 4.78 is 0. The number of hydrogen-bond donors (Lipinski definition) is 2. The van der Waals surface area contributed by atoms with Gasteiger partial charge in [-0.3, -0.25) is 0 Å². The zero-order valence-electron chi connectivity index (χ0n) is 11.7. The maximum Gasteiger partial charge on any atom is 0.326 e. The van der Waals surface area contributed by atoms with Crippen molar-refractivity contribution in [3.8, 4) is 0 Å². The largest absolute Gasteiger partial charge is 0.480 e. The highest BCUT2D eigenvalue weighted by Gasteiger charge is 2.39. The van der Waals surface area contributed by atoms with Gasteiger partial charge in [-0.15, -0.1) is 0 Å². The monoisotopic (exact) mass is 256 g/mol. The fourth-order valence-electron chi connectivity index (χ4n) is 2.61. The number of aliphatic carboxylic acids is 1. The van der Waals surface area contributed by atoms with Crippen molar-refractivity contribution in [2.24, 2.45) is 11.3 Å². The molecule has 0 saturated carbocycles. The Morgan fingerprint density at radius 1 is 1.50 bits per heavy atom. The second-order valence-electron chi connectivity index (χ2n) is 6.14. The van der Waals surface area contributed by atoms with Crippen molar-refractivity contribution in [2.75, 3.05) is 13.1 Å². The molecule has 0 unspecified atom stereocenters. The molecule has 2 N–H and O–H groups in total. The molecular weight excluding hydrogens is 232 g/mol. The van der Waals surface area contributed by atoms with Crippen molar-refractivity contribution >= 4 is 12.0 Å². The molecule has 1 aliphatic heterocycles. The van der Waals surface area contributed by atoms with E-state index in [2.05, 4.69) is 26.1 Å². The molecule has 1 heterocycles. The summed E-state index contributed by atoms with van der Waals surface area (Å²) in [6.07, 6.45) is 1.56. The molecule has 0 bridgehead atoms. The first-order valence-electron chi connectivity index (χ1n) is 6.53. The van der Waals surface area contributed by atoms with Gasteiger partial charge in [-0.1, -0.05) is 34.1 Å². The van der Waals surface area contributed by atoms with E-state index in [1.54, 1.807) is 0 Å². The van der Waals surface area contributed by atoms with Crippen LogP contribution in [0.2, 0.25) is 0 Å². The van der Waals surface area contributed by atoms with Crippen LogP contribution in [-0.4, -0.2) is 41.1 Å². The zero-order valence-corrected chi connectivity index (χ0v) is 11.7. The van der Waals surface area contributed by atoms with Crippen molar-refractivity contribution in [1.82, 2.24) is 10.2 Å². The number of hydrogen-bond acceptors (Lipinski definition) is 2. The van der Waals surface area contributed by atoms with Crippen LogP contribution < -0.4 is 5.32 Å². The van der Waals surface area contributed by atoms with Gasteiger partial charge in [0.05, 0.1) is 0 Å². The van der Waals surface area contributed by atoms with Crippen LogP contribution >= 0.6 is 0 Å². The van der Waals surface area contributed by atoms with E-state index < -0.39 is 12.0 Å². The van der Waals surface area contributed by atoms with Gasteiger partial charge in [-0.05, 0) is 17.8 Å². The molecule has 5 nitrogen and oxygen atoms in total. The Labute approximate surface area is 109 Å². The SMILES string of the molecule is CC[C@@H](CC(C)(C)C)[C@@H](C(=O)O)N1CCNC1=O. The van der Waals surface area contributed by atoms with Crippen LogP contribution in [0.3, 0.4) is 0 Å². The average molecular weight is 256 g/mol. The Hall–Kier alpha value is -1.26. The van der Waals surface area contributed by atoms with Crippen molar-refractivity contribution in [2.45, 2.75) is 46.6 Å². The average Bonchev–Trinajstić information content (AvgIpc) is 2.61. The minimum atomic E-state index is -0.900. The van der Waals surface area contributed by atoms with Crippen LogP contribution in [0.25, 0.3) is 0 Å². The number of amides is 2. The molecule has 2 atom stereocenters. The Balaban J connectivity index is 2.88. The molecule has 0 aromatic rings. The number of carbonyl (C=O) groups excluding carboxylic acids is 1. The molecular formula is C13H24N2O3. The van der Waals surface area contributed by atoms with Gasteiger partial charge >= 0.3 is 12.0 Å². The van der Waals surface area contributed by atoms with Crippen LogP contribution in [0.4, 0.5) is 4.79 Å². The van der Waals surface area contributed by atoms with E-state index in [0.29, 0.717) is 13.1 Å². The van der Waals surface area contributed by atoms with E-state index in [-0.39, 0.29) is 17.4 Å². The van der Waals surface area contributed by atoms with E-state index in [9.17, 15) is 14.7 Å². The molecule has 0 aromatic carbocycles. The van der Waals surface area contributed by atoms with Gasteiger partial charge < -0.3 is 15.3 Å². The smallest absolute Gasteiger partial charge is 0.326 e. The van der Waals surface area contributed by atoms with Gasteiger partial charge in [0, 0.05) is 13.1 Å². The lowest BCUT2D eigenvalue weighted by atomic mass is 9.79. The van der Waals surface area contributed by atoms with Crippen molar-refractivity contribution in [1.29, 1.82) is 0 Å². The second kappa shape index (κ2) is 5.59. The van der Waals surface area contributed by atoms with E-state index in [1.165, 1.54) is 4.90 Å². The van der Waals surface area contributed by atoms with Crippen LogP contribution in [0, 0.1) is 11.3 Å². The molecule has 1 saturated heterocycles. The topological polar surface area (TPSA) is 69.6 Å². The second-order valence-corrected chi connectivity index (χ2v) is 6.14. The molecule has 2 amide bonds. The number of carboxylic acid groups (broad SMARTS) is 1. The van der Waals surface area contributed by atoms with Crippen LogP contribution in [0.5, 0.6) is 0 Å². The fraction of sp³-hybridized carbons (Fsp3) is 0.846. The van der Waals surface area contributed by atoms with E-state index in [0.717, 1.165) is 12.8 Å². The molecule has 5 heteroatoms. The van der Waals surface area contributed by atoms with Gasteiger partial charge in [0.1, 0.15) is 6.04 Å². The molecule has 0 spiro atoms. The lowest BCUT2D eigenvalue weighted by Crippen LogP contribution is -2.48. The predicted octanol–water partition coefficient (Wildman–Crippen LogP) is 1.93. The predicted molar refractivity (Wildman–Crippen MR) is 69.4 cm³/mol. The number of nitrogens with zero attached hydrogens (tertiary/aromatic N) is 1. The van der Waals surface area contributed by atoms with E-state index in [1.807, 2.05) is 6.92 Å². The Morgan fingerprint density at radius 3 is 2.44 bits per heavy atom. The maximum absolute atomic E-state index is 11.7. The van der Waals surface area contributed by atoms with Gasteiger partial charge in [-0.25, -0.2) is 9.59 Å². The van der Waals surface area contributed by atoms with Gasteiger partial charge in [0.2, 0.25) is 0 Å². The molecule has 1 fully saturated rings. The van der Waals surface area contributed by atoms with E-state index in [4.69, 9.17) is 0 Å². The van der Waals surface area contributed by atoms with Crippen molar-refractivity contribution in [3.63, 3.8) is 0 Å². The summed E-state index contributed by atoms with van der Waals surface area (Å²) in [6, 6.07) is -0.966. The van der Waals surface area contributed by atoms with Gasteiger partial charge in [0.25, 0.3) is 0 Å². The fourth-order valence-corrected chi connectivity index (χ4v) is 2.61. The summed E-state index contributed by atoms with van der Waals surface area (Å²) in [5, 5.41) is 12.1. The summed E-state index contributed by atoms with van der Waals surface area (Å²) in [5.74, 6) is -0.908.